The summed E-state index contributed by atoms with van der Waals surface area (Å²) in [6.07, 6.45) is 2.38. The van der Waals surface area contributed by atoms with Crippen LogP contribution in [0, 0.1) is 5.92 Å². The lowest BCUT2D eigenvalue weighted by Gasteiger charge is -2.31. The molecule has 7 heteroatoms. The summed E-state index contributed by atoms with van der Waals surface area (Å²) >= 11 is 0. The summed E-state index contributed by atoms with van der Waals surface area (Å²) in [7, 11) is -3.70. The lowest BCUT2D eigenvalue weighted by atomic mass is 9.99. The van der Waals surface area contributed by atoms with Crippen LogP contribution >= 0.6 is 0 Å². The largest absolute Gasteiger partial charge is 0.325 e. The first kappa shape index (κ1) is 16.9. The van der Waals surface area contributed by atoms with E-state index in [9.17, 15) is 13.2 Å². The SMILES string of the molecule is C[C@@H]1CCC[NH+]([C@@H](C)C(=O)Nc2ccc(S(N)(=O)=O)cc2)C1. The van der Waals surface area contributed by atoms with Gasteiger partial charge in [0.25, 0.3) is 5.91 Å². The molecule has 6 nitrogen and oxygen atoms in total. The average Bonchev–Trinajstić information content (AvgIpc) is 2.46. The van der Waals surface area contributed by atoms with Gasteiger partial charge in [0.2, 0.25) is 10.0 Å². The maximum absolute atomic E-state index is 12.3. The molecule has 1 fully saturated rings. The predicted molar refractivity (Wildman–Crippen MR) is 85.0 cm³/mol. The van der Waals surface area contributed by atoms with Crippen LogP contribution < -0.4 is 15.4 Å². The van der Waals surface area contributed by atoms with Crippen molar-refractivity contribution in [1.29, 1.82) is 0 Å². The quantitative estimate of drug-likeness (QED) is 0.726. The molecular formula is C15H24N3O3S+. The fourth-order valence-electron chi connectivity index (χ4n) is 2.89. The minimum absolute atomic E-state index is 0.0361. The Morgan fingerprint density at radius 2 is 2.00 bits per heavy atom. The molecule has 2 rings (SSSR count). The molecule has 1 unspecified atom stereocenters. The number of benzene rings is 1. The maximum atomic E-state index is 12.3. The summed E-state index contributed by atoms with van der Waals surface area (Å²) in [6.45, 7) is 6.18. The highest BCUT2D eigenvalue weighted by atomic mass is 32.2. The van der Waals surface area contributed by atoms with Gasteiger partial charge in [-0.05, 0) is 44.0 Å². The van der Waals surface area contributed by atoms with Gasteiger partial charge in [0.1, 0.15) is 0 Å². The molecule has 1 aromatic rings. The summed E-state index contributed by atoms with van der Waals surface area (Å²) in [4.78, 5) is 13.7. The Kier molecular flexibility index (Phi) is 5.20. The Labute approximate surface area is 131 Å². The highest BCUT2D eigenvalue weighted by Crippen LogP contribution is 2.13. The van der Waals surface area contributed by atoms with E-state index in [1.807, 2.05) is 6.92 Å². The standard InChI is InChI=1S/C15H23N3O3S/c1-11-4-3-9-18(10-11)12(2)15(19)17-13-5-7-14(8-6-13)22(16,20)21/h5-8,11-12H,3-4,9-10H2,1-2H3,(H,17,19)(H2,16,20,21)/p+1/t11-,12+/m1/s1. The number of carbonyl (C=O) groups is 1. The predicted octanol–water partition coefficient (Wildman–Crippen LogP) is -0.0242. The zero-order valence-corrected chi connectivity index (χ0v) is 13.8. The molecule has 1 aromatic carbocycles. The number of hydrogen-bond acceptors (Lipinski definition) is 3. The number of nitrogens with one attached hydrogen (secondary N) is 2. The smallest absolute Gasteiger partial charge is 0.282 e. The third-order valence-electron chi connectivity index (χ3n) is 4.26. The molecule has 1 aliphatic rings. The third-order valence-corrected chi connectivity index (χ3v) is 5.19. The van der Waals surface area contributed by atoms with E-state index in [4.69, 9.17) is 5.14 Å². The fourth-order valence-corrected chi connectivity index (χ4v) is 3.40. The van der Waals surface area contributed by atoms with E-state index in [2.05, 4.69) is 12.2 Å². The minimum atomic E-state index is -3.70. The monoisotopic (exact) mass is 326 g/mol. The van der Waals surface area contributed by atoms with Gasteiger partial charge in [-0.25, -0.2) is 13.6 Å². The van der Waals surface area contributed by atoms with Gasteiger partial charge in [-0.1, -0.05) is 6.92 Å². The number of primary sulfonamides is 1. The fraction of sp³-hybridized carbons (Fsp3) is 0.533. The molecule has 0 aromatic heterocycles. The van der Waals surface area contributed by atoms with Crippen molar-refractivity contribution in [3.63, 3.8) is 0 Å². The number of sulfonamides is 1. The van der Waals surface area contributed by atoms with Crippen LogP contribution in [0.2, 0.25) is 0 Å². The minimum Gasteiger partial charge on any atom is -0.325 e. The first-order chi connectivity index (χ1) is 10.3. The zero-order valence-electron chi connectivity index (χ0n) is 13.0. The number of carbonyl (C=O) groups excluding carboxylic acids is 1. The van der Waals surface area contributed by atoms with E-state index in [0.29, 0.717) is 11.6 Å². The lowest BCUT2D eigenvalue weighted by molar-refractivity contribution is -0.922. The zero-order chi connectivity index (χ0) is 16.3. The molecular weight excluding hydrogens is 302 g/mol. The van der Waals surface area contributed by atoms with E-state index in [1.165, 1.54) is 23.5 Å². The highest BCUT2D eigenvalue weighted by Gasteiger charge is 2.29. The summed E-state index contributed by atoms with van der Waals surface area (Å²) in [5.74, 6) is 0.598. The number of piperidine rings is 1. The third kappa shape index (κ3) is 4.28. The Morgan fingerprint density at radius 3 is 2.55 bits per heavy atom. The van der Waals surface area contributed by atoms with E-state index < -0.39 is 10.0 Å². The molecule has 1 aliphatic heterocycles. The summed E-state index contributed by atoms with van der Waals surface area (Å²) in [5, 5.41) is 7.89. The van der Waals surface area contributed by atoms with Crippen molar-refractivity contribution in [1.82, 2.24) is 0 Å². The van der Waals surface area contributed by atoms with Crippen molar-refractivity contribution in [3.05, 3.63) is 24.3 Å². The Morgan fingerprint density at radius 1 is 1.36 bits per heavy atom. The van der Waals surface area contributed by atoms with Crippen molar-refractivity contribution < 1.29 is 18.1 Å². The van der Waals surface area contributed by atoms with E-state index >= 15 is 0 Å². The van der Waals surface area contributed by atoms with Gasteiger partial charge in [0, 0.05) is 11.6 Å². The first-order valence-corrected chi connectivity index (χ1v) is 9.10. The molecule has 0 bridgehead atoms. The van der Waals surface area contributed by atoms with Crippen molar-refractivity contribution >= 4 is 21.6 Å². The number of hydrogen-bond donors (Lipinski definition) is 3. The topological polar surface area (TPSA) is 93.7 Å². The molecule has 0 aliphatic carbocycles. The van der Waals surface area contributed by atoms with Crippen LogP contribution in [-0.4, -0.2) is 33.5 Å². The number of quaternary nitrogens is 1. The van der Waals surface area contributed by atoms with Crippen molar-refractivity contribution in [3.8, 4) is 0 Å². The van der Waals surface area contributed by atoms with E-state index in [0.717, 1.165) is 19.5 Å². The van der Waals surface area contributed by atoms with Crippen LogP contribution in [0.4, 0.5) is 5.69 Å². The number of likely N-dealkylation sites (tertiary alicyclic amines) is 1. The van der Waals surface area contributed by atoms with Crippen LogP contribution in [0.5, 0.6) is 0 Å². The van der Waals surface area contributed by atoms with E-state index in [1.54, 1.807) is 12.1 Å². The van der Waals surface area contributed by atoms with E-state index in [-0.39, 0.29) is 16.8 Å². The molecule has 122 valence electrons. The molecule has 1 saturated heterocycles. The number of amides is 1. The molecule has 3 atom stereocenters. The second-order valence-electron chi connectivity index (χ2n) is 6.14. The van der Waals surface area contributed by atoms with Crippen LogP contribution in [0.25, 0.3) is 0 Å². The summed E-state index contributed by atoms with van der Waals surface area (Å²) in [6, 6.07) is 5.77. The van der Waals surface area contributed by atoms with Gasteiger partial charge < -0.3 is 10.2 Å². The molecule has 0 saturated carbocycles. The van der Waals surface area contributed by atoms with Gasteiger partial charge in [0.15, 0.2) is 6.04 Å². The van der Waals surface area contributed by atoms with Gasteiger partial charge in [0.05, 0.1) is 18.0 Å². The highest BCUT2D eigenvalue weighted by molar-refractivity contribution is 7.89. The van der Waals surface area contributed by atoms with Crippen molar-refractivity contribution in [2.45, 2.75) is 37.6 Å². The second-order valence-corrected chi connectivity index (χ2v) is 7.70. The van der Waals surface area contributed by atoms with Crippen LogP contribution in [0.15, 0.2) is 29.2 Å². The van der Waals surface area contributed by atoms with Gasteiger partial charge >= 0.3 is 0 Å². The van der Waals surface area contributed by atoms with Gasteiger partial charge in [-0.15, -0.1) is 0 Å². The average molecular weight is 326 g/mol. The van der Waals surface area contributed by atoms with Crippen LogP contribution in [0.3, 0.4) is 0 Å². The van der Waals surface area contributed by atoms with Crippen molar-refractivity contribution in [2.75, 3.05) is 18.4 Å². The molecule has 4 N–H and O–H groups in total. The van der Waals surface area contributed by atoms with Gasteiger partial charge in [-0.2, -0.15) is 0 Å². The molecule has 1 amide bonds. The number of anilines is 1. The molecule has 0 radical (unpaired) electrons. The van der Waals surface area contributed by atoms with Crippen LogP contribution in [-0.2, 0) is 14.8 Å². The molecule has 1 heterocycles. The number of rotatable bonds is 4. The first-order valence-electron chi connectivity index (χ1n) is 7.55. The lowest BCUT2D eigenvalue weighted by Crippen LogP contribution is -3.17. The Balaban J connectivity index is 1.99. The Bertz CT molecular complexity index is 628. The summed E-state index contributed by atoms with van der Waals surface area (Å²) < 4.78 is 22.4. The summed E-state index contributed by atoms with van der Waals surface area (Å²) in [5.41, 5.74) is 0.578. The van der Waals surface area contributed by atoms with Crippen LogP contribution in [0.1, 0.15) is 26.7 Å². The normalized spacial score (nSPS) is 23.8. The molecule has 22 heavy (non-hydrogen) atoms. The van der Waals surface area contributed by atoms with Crippen molar-refractivity contribution in [2.24, 2.45) is 11.1 Å². The number of nitrogens with two attached hydrogens (primary N) is 1. The van der Waals surface area contributed by atoms with Gasteiger partial charge in [-0.3, -0.25) is 4.79 Å². The molecule has 0 spiro atoms. The second kappa shape index (κ2) is 6.76. The Hall–Kier alpha value is -1.44. The maximum Gasteiger partial charge on any atom is 0.282 e.